The molecule has 0 aromatic heterocycles. The largest absolute Gasteiger partial charge is 0.496 e. The Morgan fingerprint density at radius 3 is 2.50 bits per heavy atom. The summed E-state index contributed by atoms with van der Waals surface area (Å²) in [5.41, 5.74) is 6.61. The van der Waals surface area contributed by atoms with Crippen LogP contribution in [0.15, 0.2) is 45.9 Å². The zero-order valence-electron chi connectivity index (χ0n) is 24.3. The number of amides is 2. The van der Waals surface area contributed by atoms with E-state index in [1.165, 1.54) is 18.2 Å². The summed E-state index contributed by atoms with van der Waals surface area (Å²) in [6, 6.07) is 9.03. The number of hydrogen-bond donors (Lipinski definition) is 3. The predicted molar refractivity (Wildman–Crippen MR) is 160 cm³/mol. The predicted octanol–water partition coefficient (Wildman–Crippen LogP) is 4.92. The number of methoxy groups -OCH3 is 1. The first-order chi connectivity index (χ1) is 19.8. The summed E-state index contributed by atoms with van der Waals surface area (Å²) in [7, 11) is 1.55. The van der Waals surface area contributed by atoms with E-state index in [2.05, 4.69) is 26.2 Å². The summed E-state index contributed by atoms with van der Waals surface area (Å²) in [6.07, 6.45) is 0.903. The van der Waals surface area contributed by atoms with Crippen LogP contribution in [-0.4, -0.2) is 65.8 Å². The number of halogens is 2. The monoisotopic (exact) mass is 648 g/mol. The third kappa shape index (κ3) is 9.43. The van der Waals surface area contributed by atoms with Crippen LogP contribution in [0, 0.1) is 11.7 Å². The van der Waals surface area contributed by atoms with E-state index in [9.17, 15) is 23.9 Å². The van der Waals surface area contributed by atoms with Crippen molar-refractivity contribution in [1.82, 2.24) is 10.2 Å². The lowest BCUT2D eigenvalue weighted by molar-refractivity contribution is -0.137. The SMILES string of the molecule is COc1ccc(Br)cc1CCc1c(F)cccc1C(=O)NC(N)=NC(CC(=O)O)C1CCN(C(=O)OC(C)(C)C)CC1. The molecule has 0 aliphatic carbocycles. The van der Waals surface area contributed by atoms with Crippen LogP contribution in [0.1, 0.15) is 61.5 Å². The molecule has 0 bridgehead atoms. The molecule has 1 heterocycles. The molecule has 228 valence electrons. The van der Waals surface area contributed by atoms with Gasteiger partial charge in [-0.1, -0.05) is 22.0 Å². The zero-order chi connectivity index (χ0) is 31.0. The van der Waals surface area contributed by atoms with Gasteiger partial charge in [0, 0.05) is 28.7 Å². The van der Waals surface area contributed by atoms with Crippen molar-refractivity contribution in [3.8, 4) is 5.75 Å². The van der Waals surface area contributed by atoms with Gasteiger partial charge >= 0.3 is 12.1 Å². The summed E-state index contributed by atoms with van der Waals surface area (Å²) >= 11 is 3.43. The van der Waals surface area contributed by atoms with E-state index in [1.807, 2.05) is 12.1 Å². The molecule has 10 nitrogen and oxygen atoms in total. The topological polar surface area (TPSA) is 144 Å². The fourth-order valence-electron chi connectivity index (χ4n) is 4.91. The van der Waals surface area contributed by atoms with Crippen molar-refractivity contribution in [2.45, 2.75) is 64.5 Å². The number of rotatable bonds is 9. The average Bonchev–Trinajstić information content (AvgIpc) is 2.90. The molecular formula is C30H38BrFN4O6. The Hall–Kier alpha value is -3.67. The highest BCUT2D eigenvalue weighted by Gasteiger charge is 2.32. The second-order valence-electron chi connectivity index (χ2n) is 11.2. The number of likely N-dealkylation sites (tertiary alicyclic amines) is 1. The molecule has 2 amide bonds. The maximum absolute atomic E-state index is 14.9. The van der Waals surface area contributed by atoms with E-state index in [0.717, 1.165) is 10.0 Å². The van der Waals surface area contributed by atoms with E-state index in [-0.39, 0.29) is 35.8 Å². The molecule has 1 atom stereocenters. The number of carboxylic acids is 1. The lowest BCUT2D eigenvalue weighted by Crippen LogP contribution is -2.44. The first-order valence-corrected chi connectivity index (χ1v) is 14.5. The molecule has 0 spiro atoms. The van der Waals surface area contributed by atoms with Gasteiger partial charge in [0.25, 0.3) is 5.91 Å². The molecule has 4 N–H and O–H groups in total. The highest BCUT2D eigenvalue weighted by Crippen LogP contribution is 2.27. The van der Waals surface area contributed by atoms with E-state index < -0.39 is 35.4 Å². The number of benzene rings is 2. The third-order valence-electron chi connectivity index (χ3n) is 6.92. The number of carbonyl (C=O) groups excluding carboxylic acids is 2. The number of nitrogens with one attached hydrogen (secondary N) is 1. The van der Waals surface area contributed by atoms with Crippen molar-refractivity contribution >= 4 is 39.9 Å². The van der Waals surface area contributed by atoms with Crippen LogP contribution >= 0.6 is 15.9 Å². The first kappa shape index (κ1) is 32.8. The summed E-state index contributed by atoms with van der Waals surface area (Å²) < 4.78 is 26.6. The Balaban J connectivity index is 1.71. The molecule has 12 heteroatoms. The summed E-state index contributed by atoms with van der Waals surface area (Å²) in [4.78, 5) is 43.1. The lowest BCUT2D eigenvalue weighted by Gasteiger charge is -2.35. The number of hydrogen-bond acceptors (Lipinski definition) is 6. The van der Waals surface area contributed by atoms with Crippen LogP contribution in [0.4, 0.5) is 9.18 Å². The van der Waals surface area contributed by atoms with Gasteiger partial charge < -0.3 is 25.2 Å². The Bertz CT molecular complexity index is 1320. The van der Waals surface area contributed by atoms with Gasteiger partial charge in [0.1, 0.15) is 17.2 Å². The van der Waals surface area contributed by atoms with Crippen LogP contribution < -0.4 is 15.8 Å². The molecule has 1 unspecified atom stereocenters. The second kappa shape index (κ2) is 14.5. The Kier molecular flexibility index (Phi) is 11.3. The number of ether oxygens (including phenoxy) is 2. The Morgan fingerprint density at radius 2 is 1.88 bits per heavy atom. The molecule has 42 heavy (non-hydrogen) atoms. The minimum absolute atomic E-state index is 0.0996. The van der Waals surface area contributed by atoms with Gasteiger partial charge in [-0.05, 0) is 88.3 Å². The molecule has 1 aliphatic rings. The second-order valence-corrected chi connectivity index (χ2v) is 12.1. The number of guanidine groups is 1. The summed E-state index contributed by atoms with van der Waals surface area (Å²) in [5.74, 6) is -2.04. The fourth-order valence-corrected chi connectivity index (χ4v) is 5.32. The van der Waals surface area contributed by atoms with E-state index >= 15 is 0 Å². The molecular weight excluding hydrogens is 611 g/mol. The zero-order valence-corrected chi connectivity index (χ0v) is 25.9. The van der Waals surface area contributed by atoms with Crippen LogP contribution in [0.5, 0.6) is 5.75 Å². The third-order valence-corrected chi connectivity index (χ3v) is 7.41. The minimum Gasteiger partial charge on any atom is -0.496 e. The van der Waals surface area contributed by atoms with E-state index in [4.69, 9.17) is 15.2 Å². The van der Waals surface area contributed by atoms with Gasteiger partial charge in [-0.25, -0.2) is 14.2 Å². The van der Waals surface area contributed by atoms with Crippen molar-refractivity contribution in [1.29, 1.82) is 0 Å². The van der Waals surface area contributed by atoms with Crippen LogP contribution in [0.3, 0.4) is 0 Å². The molecule has 1 saturated heterocycles. The van der Waals surface area contributed by atoms with Crippen molar-refractivity contribution in [2.24, 2.45) is 16.6 Å². The van der Waals surface area contributed by atoms with Crippen LogP contribution in [-0.2, 0) is 22.4 Å². The molecule has 2 aromatic rings. The first-order valence-electron chi connectivity index (χ1n) is 13.7. The summed E-state index contributed by atoms with van der Waals surface area (Å²) in [6.45, 7) is 6.13. The smallest absolute Gasteiger partial charge is 0.410 e. The molecule has 1 aliphatic heterocycles. The standard InChI is InChI=1S/C30H38BrFN4O6/c1-30(2,3)42-29(40)36-14-12-18(13-15-36)24(17-26(37)38)34-28(33)35-27(39)22-6-5-7-23(32)21(22)10-8-19-16-20(31)9-11-25(19)41-4/h5-7,9,11,16,18,24H,8,10,12-15,17H2,1-4H3,(H,37,38)(H3,33,34,35,39). The maximum atomic E-state index is 14.9. The van der Waals surface area contributed by atoms with Gasteiger partial charge in [-0.3, -0.25) is 14.9 Å². The summed E-state index contributed by atoms with van der Waals surface area (Å²) in [5, 5.41) is 12.0. The number of aliphatic carboxylic acids is 1. The molecule has 0 radical (unpaired) electrons. The Labute approximate surface area is 253 Å². The number of piperidine rings is 1. The number of carboxylic acid groups (broad SMARTS) is 1. The molecule has 3 rings (SSSR count). The molecule has 2 aromatic carbocycles. The highest BCUT2D eigenvalue weighted by molar-refractivity contribution is 9.10. The van der Waals surface area contributed by atoms with Crippen LogP contribution in [0.25, 0.3) is 0 Å². The van der Waals surface area contributed by atoms with Gasteiger partial charge in [-0.2, -0.15) is 0 Å². The number of nitrogens with two attached hydrogens (primary N) is 1. The quantitative estimate of drug-likeness (QED) is 0.259. The fraction of sp³-hybridized carbons (Fsp3) is 0.467. The van der Waals surface area contributed by atoms with Gasteiger partial charge in [-0.15, -0.1) is 0 Å². The number of aryl methyl sites for hydroxylation is 1. The molecule has 1 fully saturated rings. The maximum Gasteiger partial charge on any atom is 0.410 e. The molecule has 0 saturated carbocycles. The van der Waals surface area contributed by atoms with Crippen LogP contribution in [0.2, 0.25) is 0 Å². The minimum atomic E-state index is -1.06. The number of aliphatic imine (C=N–C) groups is 1. The number of carbonyl (C=O) groups is 3. The van der Waals surface area contributed by atoms with Gasteiger partial charge in [0.2, 0.25) is 0 Å². The van der Waals surface area contributed by atoms with E-state index in [1.54, 1.807) is 38.8 Å². The number of nitrogens with zero attached hydrogens (tertiary/aromatic N) is 2. The van der Waals surface area contributed by atoms with Gasteiger partial charge in [0.15, 0.2) is 5.96 Å². The Morgan fingerprint density at radius 1 is 1.19 bits per heavy atom. The lowest BCUT2D eigenvalue weighted by atomic mass is 9.88. The van der Waals surface area contributed by atoms with Crippen molar-refractivity contribution in [2.75, 3.05) is 20.2 Å². The average molecular weight is 650 g/mol. The van der Waals surface area contributed by atoms with Crippen molar-refractivity contribution in [3.63, 3.8) is 0 Å². The highest BCUT2D eigenvalue weighted by atomic mass is 79.9. The van der Waals surface area contributed by atoms with Crippen molar-refractivity contribution in [3.05, 3.63) is 63.4 Å². The van der Waals surface area contributed by atoms with Crippen molar-refractivity contribution < 1.29 is 33.4 Å². The van der Waals surface area contributed by atoms with E-state index in [0.29, 0.717) is 38.1 Å². The normalized spacial score (nSPS) is 15.2. The van der Waals surface area contributed by atoms with Gasteiger partial charge in [0.05, 0.1) is 19.6 Å².